The van der Waals surface area contributed by atoms with Crippen LogP contribution in [-0.2, 0) is 9.47 Å². The molecule has 10 atom stereocenters. The second-order valence-electron chi connectivity index (χ2n) is 9.81. The molecule has 5 rings (SSSR count). The molecular weight excluding hydrogens is 288 g/mol. The predicted octanol–water partition coefficient (Wildman–Crippen LogP) is 3.17. The van der Waals surface area contributed by atoms with Gasteiger partial charge in [-0.25, -0.2) is 0 Å². The van der Waals surface area contributed by atoms with Crippen molar-refractivity contribution in [2.24, 2.45) is 35.0 Å². The number of rotatable bonds is 3. The fourth-order valence-electron chi connectivity index (χ4n) is 7.00. The summed E-state index contributed by atoms with van der Waals surface area (Å²) in [4.78, 5) is 0. The first kappa shape index (κ1) is 14.9. The van der Waals surface area contributed by atoms with Crippen molar-refractivity contribution in [3.8, 4) is 0 Å². The van der Waals surface area contributed by atoms with Gasteiger partial charge in [0.1, 0.15) is 18.3 Å². The van der Waals surface area contributed by atoms with Gasteiger partial charge in [-0.1, -0.05) is 26.8 Å². The molecule has 128 valence electrons. The van der Waals surface area contributed by atoms with E-state index in [1.807, 2.05) is 0 Å². The van der Waals surface area contributed by atoms with E-state index in [9.17, 15) is 5.11 Å². The van der Waals surface area contributed by atoms with Crippen LogP contribution < -0.4 is 0 Å². The molecule has 5 fully saturated rings. The summed E-state index contributed by atoms with van der Waals surface area (Å²) in [5, 5.41) is 10.8. The highest BCUT2D eigenvalue weighted by molar-refractivity contribution is 5.30. The van der Waals surface area contributed by atoms with Crippen LogP contribution in [0, 0.1) is 35.0 Å². The number of epoxide rings is 2. The van der Waals surface area contributed by atoms with Gasteiger partial charge in [-0.05, 0) is 61.3 Å². The maximum Gasteiger partial charge on any atom is 0.117 e. The molecule has 3 aliphatic carbocycles. The van der Waals surface area contributed by atoms with Crippen molar-refractivity contribution < 1.29 is 14.6 Å². The molecule has 0 radical (unpaired) electrons. The van der Waals surface area contributed by atoms with Crippen molar-refractivity contribution in [2.45, 2.75) is 77.0 Å². The lowest BCUT2D eigenvalue weighted by Crippen LogP contribution is -2.53. The molecule has 0 amide bonds. The predicted molar refractivity (Wildman–Crippen MR) is 87.8 cm³/mol. The zero-order valence-electron chi connectivity index (χ0n) is 14.8. The molecule has 3 heteroatoms. The quantitative estimate of drug-likeness (QED) is 0.642. The van der Waals surface area contributed by atoms with Gasteiger partial charge in [-0.15, -0.1) is 0 Å². The Kier molecular flexibility index (Phi) is 2.74. The molecule has 2 heterocycles. The van der Waals surface area contributed by atoms with E-state index >= 15 is 0 Å². The SMILES string of the molecule is C=C([C@H]1[C@H]2[C@@H]3[C@H](C)CC[C@@H]3[C@@]2(C)C[C@@H]1O)[C@@H]1O[C@@H]1[C@@H]1OC1(C)C. The number of fused-ring (bicyclic) bond motifs is 4. The standard InChI is InChI=1S/C20H30O3/c1-9-6-7-11-13(9)15-14(12(21)8-20(11,15)5)10(2)16-17(22-16)18-19(3,4)23-18/h9,11-18,21H,2,6-8H2,1,3-5H3/t9-,11+,12+,13-,14-,15-,16+,17+,18+,20-/m1/s1. The number of hydrogen-bond acceptors (Lipinski definition) is 3. The molecule has 5 aliphatic rings. The van der Waals surface area contributed by atoms with E-state index in [2.05, 4.69) is 34.3 Å². The van der Waals surface area contributed by atoms with E-state index in [-0.39, 0.29) is 35.9 Å². The van der Waals surface area contributed by atoms with E-state index in [0.29, 0.717) is 11.3 Å². The lowest BCUT2D eigenvalue weighted by atomic mass is 9.47. The van der Waals surface area contributed by atoms with Crippen molar-refractivity contribution in [3.63, 3.8) is 0 Å². The Morgan fingerprint density at radius 3 is 2.57 bits per heavy atom. The van der Waals surface area contributed by atoms with Gasteiger partial charge >= 0.3 is 0 Å². The van der Waals surface area contributed by atoms with E-state index in [0.717, 1.165) is 29.7 Å². The third kappa shape index (κ3) is 1.77. The van der Waals surface area contributed by atoms with Crippen LogP contribution in [0.1, 0.15) is 47.0 Å². The van der Waals surface area contributed by atoms with E-state index < -0.39 is 0 Å². The lowest BCUT2D eigenvalue weighted by molar-refractivity contribution is -0.0947. The smallest absolute Gasteiger partial charge is 0.117 e. The van der Waals surface area contributed by atoms with Gasteiger partial charge in [0.2, 0.25) is 0 Å². The minimum atomic E-state index is -0.228. The molecular formula is C20H30O3. The normalized spacial score (nSPS) is 61.5. The van der Waals surface area contributed by atoms with Gasteiger partial charge in [0, 0.05) is 5.92 Å². The Bertz CT molecular complexity index is 569. The van der Waals surface area contributed by atoms with Gasteiger partial charge in [0.15, 0.2) is 0 Å². The maximum absolute atomic E-state index is 10.8. The van der Waals surface area contributed by atoms with Crippen LogP contribution in [0.15, 0.2) is 12.2 Å². The third-order valence-electron chi connectivity index (χ3n) is 8.20. The molecule has 0 aromatic rings. The summed E-state index contributed by atoms with van der Waals surface area (Å²) in [7, 11) is 0. The topological polar surface area (TPSA) is 45.3 Å². The third-order valence-corrected chi connectivity index (χ3v) is 8.20. The van der Waals surface area contributed by atoms with Crippen molar-refractivity contribution in [1.82, 2.24) is 0 Å². The summed E-state index contributed by atoms with van der Waals surface area (Å²) in [6.45, 7) is 13.5. The number of hydrogen-bond donors (Lipinski definition) is 1. The molecule has 0 aromatic heterocycles. The Balaban J connectivity index is 1.36. The summed E-state index contributed by atoms with van der Waals surface area (Å²) in [5.41, 5.74) is 1.45. The molecule has 0 spiro atoms. The van der Waals surface area contributed by atoms with Crippen LogP contribution in [0.2, 0.25) is 0 Å². The highest BCUT2D eigenvalue weighted by Gasteiger charge is 2.71. The first-order chi connectivity index (χ1) is 10.8. The van der Waals surface area contributed by atoms with Crippen molar-refractivity contribution >= 4 is 0 Å². The second kappa shape index (κ2) is 4.23. The molecule has 2 aliphatic heterocycles. The largest absolute Gasteiger partial charge is 0.392 e. The van der Waals surface area contributed by atoms with Crippen LogP contribution in [0.3, 0.4) is 0 Å². The van der Waals surface area contributed by atoms with Crippen LogP contribution >= 0.6 is 0 Å². The highest BCUT2D eigenvalue weighted by Crippen LogP contribution is 2.73. The summed E-state index contributed by atoms with van der Waals surface area (Å²) in [6.07, 6.45) is 3.95. The van der Waals surface area contributed by atoms with Crippen LogP contribution in [-0.4, -0.2) is 35.1 Å². The second-order valence-corrected chi connectivity index (χ2v) is 9.81. The average Bonchev–Trinajstić information content (AvgIpc) is 3.30. The number of ether oxygens (including phenoxy) is 2. The summed E-state index contributed by atoms with van der Waals surface area (Å²) in [5.74, 6) is 3.28. The van der Waals surface area contributed by atoms with Crippen LogP contribution in [0.25, 0.3) is 0 Å². The Morgan fingerprint density at radius 2 is 1.91 bits per heavy atom. The average molecular weight is 318 g/mol. The fraction of sp³-hybridized carbons (Fsp3) is 0.900. The molecule has 1 N–H and O–H groups in total. The Hall–Kier alpha value is -0.380. The van der Waals surface area contributed by atoms with E-state index in [4.69, 9.17) is 9.47 Å². The Labute approximate surface area is 139 Å². The first-order valence-corrected chi connectivity index (χ1v) is 9.46. The number of aliphatic hydroxyl groups excluding tert-OH is 1. The minimum absolute atomic E-state index is 0.0377. The minimum Gasteiger partial charge on any atom is -0.392 e. The molecule has 23 heavy (non-hydrogen) atoms. The molecule has 3 nitrogen and oxygen atoms in total. The molecule has 0 bridgehead atoms. The van der Waals surface area contributed by atoms with Gasteiger partial charge in [0.25, 0.3) is 0 Å². The monoisotopic (exact) mass is 318 g/mol. The van der Waals surface area contributed by atoms with Crippen LogP contribution in [0.4, 0.5) is 0 Å². The van der Waals surface area contributed by atoms with Crippen molar-refractivity contribution in [1.29, 1.82) is 0 Å². The first-order valence-electron chi connectivity index (χ1n) is 9.46. The highest BCUT2D eigenvalue weighted by atomic mass is 16.7. The lowest BCUT2D eigenvalue weighted by Gasteiger charge is -2.57. The van der Waals surface area contributed by atoms with Crippen LogP contribution in [0.5, 0.6) is 0 Å². The van der Waals surface area contributed by atoms with E-state index in [1.165, 1.54) is 12.8 Å². The number of aliphatic hydroxyl groups is 1. The summed E-state index contributed by atoms with van der Waals surface area (Å²) < 4.78 is 11.7. The van der Waals surface area contributed by atoms with Gasteiger partial charge in [-0.3, -0.25) is 0 Å². The van der Waals surface area contributed by atoms with Crippen molar-refractivity contribution in [2.75, 3.05) is 0 Å². The van der Waals surface area contributed by atoms with Gasteiger partial charge < -0.3 is 14.6 Å². The summed E-state index contributed by atoms with van der Waals surface area (Å²) >= 11 is 0. The van der Waals surface area contributed by atoms with Gasteiger partial charge in [0.05, 0.1) is 11.7 Å². The van der Waals surface area contributed by atoms with Crippen molar-refractivity contribution in [3.05, 3.63) is 12.2 Å². The molecule has 3 saturated carbocycles. The fourth-order valence-corrected chi connectivity index (χ4v) is 7.00. The molecule has 2 saturated heterocycles. The maximum atomic E-state index is 10.8. The van der Waals surface area contributed by atoms with Gasteiger partial charge in [-0.2, -0.15) is 0 Å². The molecule has 0 unspecified atom stereocenters. The molecule has 0 aromatic carbocycles. The zero-order valence-corrected chi connectivity index (χ0v) is 14.8. The summed E-state index contributed by atoms with van der Waals surface area (Å²) in [6, 6.07) is 0. The zero-order chi connectivity index (χ0) is 16.3. The van der Waals surface area contributed by atoms with E-state index in [1.54, 1.807) is 0 Å². The Morgan fingerprint density at radius 1 is 1.22 bits per heavy atom.